The molecule has 1 aromatic carbocycles. The summed E-state index contributed by atoms with van der Waals surface area (Å²) in [5.41, 5.74) is 3.64. The molecular formula is C18H21ClOS. The van der Waals surface area contributed by atoms with Gasteiger partial charge in [0.1, 0.15) is 0 Å². The van der Waals surface area contributed by atoms with Crippen LogP contribution < -0.4 is 0 Å². The Morgan fingerprint density at radius 2 is 2.00 bits per heavy atom. The van der Waals surface area contributed by atoms with Crippen LogP contribution in [0.25, 0.3) is 0 Å². The smallest absolute Gasteiger partial charge is 0.0922 e. The maximum atomic E-state index is 10.5. The first-order chi connectivity index (χ1) is 10.1. The minimum absolute atomic E-state index is 0.442. The number of aliphatic hydroxyl groups is 1. The number of aliphatic hydroxyl groups excluding tert-OH is 1. The predicted octanol–water partition coefficient (Wildman–Crippen LogP) is 5.25. The average molecular weight is 321 g/mol. The van der Waals surface area contributed by atoms with E-state index in [-0.39, 0.29) is 0 Å². The van der Waals surface area contributed by atoms with Gasteiger partial charge in [-0.2, -0.15) is 0 Å². The summed E-state index contributed by atoms with van der Waals surface area (Å²) in [6.07, 6.45) is 6.40. The van der Waals surface area contributed by atoms with Crippen molar-refractivity contribution in [2.75, 3.05) is 0 Å². The Labute approximate surface area is 135 Å². The van der Waals surface area contributed by atoms with Crippen molar-refractivity contribution >= 4 is 22.9 Å². The van der Waals surface area contributed by atoms with Crippen LogP contribution in [0.15, 0.2) is 24.3 Å². The Morgan fingerprint density at radius 1 is 1.19 bits per heavy atom. The molecule has 1 heterocycles. The van der Waals surface area contributed by atoms with Crippen molar-refractivity contribution < 1.29 is 5.11 Å². The number of aryl methyl sites for hydroxylation is 3. The summed E-state index contributed by atoms with van der Waals surface area (Å²) in [6, 6.07) is 8.27. The first-order valence-corrected chi connectivity index (χ1v) is 8.87. The minimum Gasteiger partial charge on any atom is -0.387 e. The quantitative estimate of drug-likeness (QED) is 0.765. The number of thiophene rings is 1. The van der Waals surface area contributed by atoms with Gasteiger partial charge in [-0.05, 0) is 61.4 Å². The van der Waals surface area contributed by atoms with Gasteiger partial charge in [-0.15, -0.1) is 11.3 Å². The molecule has 3 rings (SSSR count). The van der Waals surface area contributed by atoms with E-state index in [1.165, 1.54) is 42.5 Å². The molecule has 0 saturated carbocycles. The third kappa shape index (κ3) is 3.50. The molecular weight excluding hydrogens is 300 g/mol. The molecule has 1 aliphatic rings. The van der Waals surface area contributed by atoms with Gasteiger partial charge in [-0.3, -0.25) is 0 Å². The fourth-order valence-corrected chi connectivity index (χ4v) is 4.54. The van der Waals surface area contributed by atoms with Gasteiger partial charge in [0, 0.05) is 21.2 Å². The molecule has 0 radical (unpaired) electrons. The number of benzene rings is 1. The SMILES string of the molecule is Cc1ccc(CC(O)c2cc3c(s2)CCCCC3)c(Cl)c1. The molecule has 0 fully saturated rings. The lowest BCUT2D eigenvalue weighted by Gasteiger charge is -2.10. The van der Waals surface area contributed by atoms with Crippen LogP contribution in [-0.2, 0) is 19.3 Å². The molecule has 21 heavy (non-hydrogen) atoms. The van der Waals surface area contributed by atoms with Crippen LogP contribution >= 0.6 is 22.9 Å². The maximum absolute atomic E-state index is 10.5. The summed E-state index contributed by atoms with van der Waals surface area (Å²) in [6.45, 7) is 2.03. The van der Waals surface area contributed by atoms with Crippen LogP contribution in [0, 0.1) is 6.92 Å². The largest absolute Gasteiger partial charge is 0.387 e. The molecule has 112 valence electrons. The Kier molecular flexibility index (Phi) is 4.68. The third-order valence-electron chi connectivity index (χ3n) is 4.22. The lowest BCUT2D eigenvalue weighted by Crippen LogP contribution is -2.00. The van der Waals surface area contributed by atoms with Crippen molar-refractivity contribution in [3.8, 4) is 0 Å². The lowest BCUT2D eigenvalue weighted by atomic mass is 10.0. The molecule has 0 amide bonds. The molecule has 3 heteroatoms. The van der Waals surface area contributed by atoms with Crippen LogP contribution in [0.2, 0.25) is 5.02 Å². The van der Waals surface area contributed by atoms with E-state index in [1.54, 1.807) is 11.3 Å². The van der Waals surface area contributed by atoms with Crippen molar-refractivity contribution in [3.63, 3.8) is 0 Å². The standard InChI is InChI=1S/C18H21ClOS/c1-12-7-8-13(15(19)9-12)10-16(20)18-11-14-5-3-2-4-6-17(14)21-18/h7-9,11,16,20H,2-6,10H2,1H3. The van der Waals surface area contributed by atoms with Gasteiger partial charge < -0.3 is 5.11 Å². The van der Waals surface area contributed by atoms with E-state index >= 15 is 0 Å². The van der Waals surface area contributed by atoms with Gasteiger partial charge in [0.25, 0.3) is 0 Å². The van der Waals surface area contributed by atoms with E-state index in [4.69, 9.17) is 11.6 Å². The van der Waals surface area contributed by atoms with Gasteiger partial charge in [-0.1, -0.05) is 30.2 Å². The molecule has 0 bridgehead atoms. The van der Waals surface area contributed by atoms with E-state index in [0.717, 1.165) is 21.0 Å². The lowest BCUT2D eigenvalue weighted by molar-refractivity contribution is 0.182. The first-order valence-electron chi connectivity index (χ1n) is 7.68. The zero-order valence-corrected chi connectivity index (χ0v) is 13.9. The molecule has 1 atom stereocenters. The number of halogens is 1. The molecule has 1 unspecified atom stereocenters. The van der Waals surface area contributed by atoms with Crippen LogP contribution in [0.3, 0.4) is 0 Å². The summed E-state index contributed by atoms with van der Waals surface area (Å²) in [7, 11) is 0. The molecule has 1 aliphatic carbocycles. The van der Waals surface area contributed by atoms with Crippen molar-refractivity contribution in [1.82, 2.24) is 0 Å². The maximum Gasteiger partial charge on any atom is 0.0922 e. The molecule has 0 aliphatic heterocycles. The zero-order chi connectivity index (χ0) is 14.8. The van der Waals surface area contributed by atoms with Gasteiger partial charge in [-0.25, -0.2) is 0 Å². The average Bonchev–Trinajstić information content (AvgIpc) is 2.73. The number of hydrogen-bond donors (Lipinski definition) is 1. The Hall–Kier alpha value is -0.830. The van der Waals surface area contributed by atoms with E-state index in [2.05, 4.69) is 12.1 Å². The minimum atomic E-state index is -0.442. The fourth-order valence-electron chi connectivity index (χ4n) is 2.98. The molecule has 0 spiro atoms. The highest BCUT2D eigenvalue weighted by Crippen LogP contribution is 2.34. The topological polar surface area (TPSA) is 20.2 Å². The summed E-state index contributed by atoms with van der Waals surface area (Å²) in [4.78, 5) is 2.58. The highest BCUT2D eigenvalue weighted by atomic mass is 35.5. The first kappa shape index (κ1) is 15.1. The van der Waals surface area contributed by atoms with E-state index in [0.29, 0.717) is 6.42 Å². The Balaban J connectivity index is 1.77. The molecule has 2 aromatic rings. The van der Waals surface area contributed by atoms with Gasteiger partial charge in [0.15, 0.2) is 0 Å². The summed E-state index contributed by atoms with van der Waals surface area (Å²) < 4.78 is 0. The number of hydrogen-bond acceptors (Lipinski definition) is 2. The second-order valence-corrected chi connectivity index (χ2v) is 7.55. The van der Waals surface area contributed by atoms with E-state index < -0.39 is 6.10 Å². The van der Waals surface area contributed by atoms with Crippen molar-refractivity contribution in [3.05, 3.63) is 55.7 Å². The van der Waals surface area contributed by atoms with Gasteiger partial charge in [0.05, 0.1) is 6.10 Å². The highest BCUT2D eigenvalue weighted by Gasteiger charge is 2.18. The molecule has 1 aromatic heterocycles. The van der Waals surface area contributed by atoms with Crippen LogP contribution in [0.1, 0.15) is 51.8 Å². The summed E-state index contributed by atoms with van der Waals surface area (Å²) >= 11 is 8.07. The zero-order valence-electron chi connectivity index (χ0n) is 12.4. The van der Waals surface area contributed by atoms with Gasteiger partial charge >= 0.3 is 0 Å². The Bertz CT molecular complexity index is 609. The second-order valence-electron chi connectivity index (χ2n) is 5.97. The third-order valence-corrected chi connectivity index (χ3v) is 5.91. The van der Waals surface area contributed by atoms with Crippen LogP contribution in [0.5, 0.6) is 0 Å². The normalized spacial score (nSPS) is 16.3. The van der Waals surface area contributed by atoms with Crippen LogP contribution in [0.4, 0.5) is 0 Å². The molecule has 1 N–H and O–H groups in total. The summed E-state index contributed by atoms with van der Waals surface area (Å²) in [5.74, 6) is 0. The van der Waals surface area contributed by atoms with Gasteiger partial charge in [0.2, 0.25) is 0 Å². The summed E-state index contributed by atoms with van der Waals surface area (Å²) in [5, 5.41) is 11.3. The van der Waals surface area contributed by atoms with Crippen LogP contribution in [-0.4, -0.2) is 5.11 Å². The van der Waals surface area contributed by atoms with Crippen molar-refractivity contribution in [2.24, 2.45) is 0 Å². The molecule has 1 nitrogen and oxygen atoms in total. The molecule has 0 saturated heterocycles. The van der Waals surface area contributed by atoms with Crippen molar-refractivity contribution in [2.45, 2.75) is 51.6 Å². The van der Waals surface area contributed by atoms with E-state index in [1.807, 2.05) is 19.1 Å². The monoisotopic (exact) mass is 320 g/mol. The van der Waals surface area contributed by atoms with E-state index in [9.17, 15) is 5.11 Å². The second kappa shape index (κ2) is 6.51. The highest BCUT2D eigenvalue weighted by molar-refractivity contribution is 7.12. The number of fused-ring (bicyclic) bond motifs is 1. The van der Waals surface area contributed by atoms with Crippen molar-refractivity contribution in [1.29, 1.82) is 0 Å². The fraction of sp³-hybridized carbons (Fsp3) is 0.444. The number of rotatable bonds is 3. The predicted molar refractivity (Wildman–Crippen MR) is 90.4 cm³/mol. The Morgan fingerprint density at radius 3 is 2.81 bits per heavy atom.